The quantitative estimate of drug-likeness (QED) is 0.558. The summed E-state index contributed by atoms with van der Waals surface area (Å²) in [6.45, 7) is 1.02. The van der Waals surface area contributed by atoms with Crippen LogP contribution in [0.5, 0.6) is 5.75 Å². The van der Waals surface area contributed by atoms with E-state index >= 15 is 0 Å². The van der Waals surface area contributed by atoms with E-state index in [1.807, 2.05) is 60.7 Å². The van der Waals surface area contributed by atoms with Crippen LogP contribution in [0.4, 0.5) is 0 Å². The number of nitrogens with two attached hydrogens (primary N) is 1. The van der Waals surface area contributed by atoms with E-state index in [1.165, 1.54) is 0 Å². The molecule has 132 valence electrons. The van der Waals surface area contributed by atoms with Crippen LogP contribution in [0.2, 0.25) is 0 Å². The molecule has 1 atom stereocenters. The summed E-state index contributed by atoms with van der Waals surface area (Å²) >= 11 is 0. The maximum atomic E-state index is 6.07. The Bertz CT molecular complexity index is 905. The van der Waals surface area contributed by atoms with Crippen LogP contribution in [0, 0.1) is 0 Å². The predicted molar refractivity (Wildman–Crippen MR) is 99.7 cm³/mol. The topological polar surface area (TPSA) is 85.7 Å². The molecule has 0 saturated heterocycles. The second-order valence-corrected chi connectivity index (χ2v) is 6.12. The van der Waals surface area contributed by atoms with Crippen LogP contribution in [0.15, 0.2) is 70.2 Å². The molecule has 1 aliphatic heterocycles. The molecule has 3 aromatic rings. The molecule has 1 aromatic heterocycles. The zero-order valence-electron chi connectivity index (χ0n) is 14.3. The van der Waals surface area contributed by atoms with Crippen molar-refractivity contribution in [3.05, 3.63) is 71.9 Å². The molecule has 0 amide bonds. The van der Waals surface area contributed by atoms with E-state index in [0.717, 1.165) is 34.8 Å². The molecular formula is C20H20N4O2. The highest BCUT2D eigenvalue weighted by Gasteiger charge is 2.21. The summed E-state index contributed by atoms with van der Waals surface area (Å²) in [5.41, 5.74) is 8.89. The fourth-order valence-corrected chi connectivity index (χ4v) is 3.01. The average molecular weight is 348 g/mol. The largest absolute Gasteiger partial charge is 0.493 e. The standard InChI is InChI=1S/C20H20N4O2/c21-20(23-17-10-11-25-18-9-5-4-8-16(17)18)22-13-15-12-19(26-24-15)14-6-2-1-3-7-14/h1-9,12,17H,10-11,13H2,(H3,21,22,23). The number of rotatable bonds is 4. The van der Waals surface area contributed by atoms with Crippen molar-refractivity contribution in [2.75, 3.05) is 6.61 Å². The van der Waals surface area contributed by atoms with Gasteiger partial charge in [0.05, 0.1) is 19.2 Å². The zero-order valence-corrected chi connectivity index (χ0v) is 14.3. The van der Waals surface area contributed by atoms with Crippen molar-refractivity contribution in [2.45, 2.75) is 19.0 Å². The minimum Gasteiger partial charge on any atom is -0.493 e. The van der Waals surface area contributed by atoms with Crippen molar-refractivity contribution in [1.29, 1.82) is 0 Å². The summed E-state index contributed by atoms with van der Waals surface area (Å²) in [6, 6.07) is 19.8. The summed E-state index contributed by atoms with van der Waals surface area (Å²) in [7, 11) is 0. The van der Waals surface area contributed by atoms with Crippen molar-refractivity contribution in [3.63, 3.8) is 0 Å². The lowest BCUT2D eigenvalue weighted by Gasteiger charge is -2.26. The first-order chi connectivity index (χ1) is 12.8. The summed E-state index contributed by atoms with van der Waals surface area (Å²) in [4.78, 5) is 4.39. The predicted octanol–water partition coefficient (Wildman–Crippen LogP) is 3.27. The SMILES string of the molecule is NC(=NCc1cc(-c2ccccc2)on1)NC1CCOc2ccccc21. The van der Waals surface area contributed by atoms with Crippen LogP contribution < -0.4 is 15.8 Å². The number of benzene rings is 2. The normalized spacial score (nSPS) is 16.6. The Morgan fingerprint density at radius 3 is 2.85 bits per heavy atom. The summed E-state index contributed by atoms with van der Waals surface area (Å²) in [5, 5.41) is 7.34. The number of nitrogens with one attached hydrogen (secondary N) is 1. The second-order valence-electron chi connectivity index (χ2n) is 6.12. The van der Waals surface area contributed by atoms with E-state index < -0.39 is 0 Å². The Morgan fingerprint density at radius 2 is 1.96 bits per heavy atom. The zero-order chi connectivity index (χ0) is 17.8. The lowest BCUT2D eigenvalue weighted by Crippen LogP contribution is -2.37. The Labute approximate surface area is 151 Å². The van der Waals surface area contributed by atoms with Gasteiger partial charge in [-0.15, -0.1) is 0 Å². The van der Waals surface area contributed by atoms with Gasteiger partial charge in [0.25, 0.3) is 0 Å². The van der Waals surface area contributed by atoms with Gasteiger partial charge in [-0.05, 0) is 6.07 Å². The molecule has 0 radical (unpaired) electrons. The van der Waals surface area contributed by atoms with Crippen molar-refractivity contribution in [3.8, 4) is 17.1 Å². The highest BCUT2D eigenvalue weighted by molar-refractivity contribution is 5.78. The van der Waals surface area contributed by atoms with Gasteiger partial charge >= 0.3 is 0 Å². The molecule has 1 unspecified atom stereocenters. The Kier molecular flexibility index (Phi) is 4.55. The van der Waals surface area contributed by atoms with Gasteiger partial charge in [0.15, 0.2) is 11.7 Å². The van der Waals surface area contributed by atoms with E-state index in [2.05, 4.69) is 15.5 Å². The number of aliphatic imine (C=N–C) groups is 1. The summed E-state index contributed by atoms with van der Waals surface area (Å²) in [6.07, 6.45) is 0.843. The van der Waals surface area contributed by atoms with Crippen molar-refractivity contribution < 1.29 is 9.26 Å². The van der Waals surface area contributed by atoms with Gasteiger partial charge in [-0.2, -0.15) is 0 Å². The third-order valence-electron chi connectivity index (χ3n) is 4.31. The minimum absolute atomic E-state index is 0.0980. The average Bonchev–Trinajstić information content (AvgIpc) is 3.17. The number of para-hydroxylation sites is 1. The van der Waals surface area contributed by atoms with Gasteiger partial charge in [-0.3, -0.25) is 0 Å². The van der Waals surface area contributed by atoms with Crippen LogP contribution in [0.3, 0.4) is 0 Å². The Balaban J connectivity index is 1.41. The fourth-order valence-electron chi connectivity index (χ4n) is 3.01. The van der Waals surface area contributed by atoms with Gasteiger partial charge in [0.1, 0.15) is 11.4 Å². The molecule has 3 N–H and O–H groups in total. The highest BCUT2D eigenvalue weighted by atomic mass is 16.5. The molecule has 6 heteroatoms. The molecule has 0 saturated carbocycles. The monoisotopic (exact) mass is 348 g/mol. The van der Waals surface area contributed by atoms with E-state index in [0.29, 0.717) is 19.1 Å². The number of hydrogen-bond acceptors (Lipinski definition) is 4. The molecule has 0 fully saturated rings. The molecule has 0 spiro atoms. The molecule has 6 nitrogen and oxygen atoms in total. The van der Waals surface area contributed by atoms with Gasteiger partial charge in [0.2, 0.25) is 0 Å². The lowest BCUT2D eigenvalue weighted by molar-refractivity contribution is 0.262. The third kappa shape index (κ3) is 3.54. The van der Waals surface area contributed by atoms with E-state index in [-0.39, 0.29) is 6.04 Å². The van der Waals surface area contributed by atoms with Crippen LogP contribution in [-0.4, -0.2) is 17.7 Å². The van der Waals surface area contributed by atoms with Gasteiger partial charge < -0.3 is 20.3 Å². The minimum atomic E-state index is 0.0980. The van der Waals surface area contributed by atoms with E-state index in [9.17, 15) is 0 Å². The molecule has 1 aliphatic rings. The molecule has 0 bridgehead atoms. The molecular weight excluding hydrogens is 328 g/mol. The Morgan fingerprint density at radius 1 is 1.15 bits per heavy atom. The van der Waals surface area contributed by atoms with Crippen molar-refractivity contribution in [1.82, 2.24) is 10.5 Å². The van der Waals surface area contributed by atoms with E-state index in [1.54, 1.807) is 0 Å². The first-order valence-electron chi connectivity index (χ1n) is 8.59. The van der Waals surface area contributed by atoms with Crippen LogP contribution >= 0.6 is 0 Å². The first kappa shape index (κ1) is 16.2. The lowest BCUT2D eigenvalue weighted by atomic mass is 10.0. The number of hydrogen-bond donors (Lipinski definition) is 2. The second kappa shape index (κ2) is 7.31. The van der Waals surface area contributed by atoms with Gasteiger partial charge in [-0.25, -0.2) is 4.99 Å². The smallest absolute Gasteiger partial charge is 0.189 e. The highest BCUT2D eigenvalue weighted by Crippen LogP contribution is 2.31. The Hall–Kier alpha value is -3.28. The van der Waals surface area contributed by atoms with Crippen molar-refractivity contribution >= 4 is 5.96 Å². The third-order valence-corrected chi connectivity index (χ3v) is 4.31. The maximum absolute atomic E-state index is 6.07. The van der Waals surface area contributed by atoms with E-state index in [4.69, 9.17) is 15.0 Å². The van der Waals surface area contributed by atoms with Gasteiger partial charge in [0, 0.05) is 23.6 Å². The van der Waals surface area contributed by atoms with Crippen LogP contribution in [0.25, 0.3) is 11.3 Å². The van der Waals surface area contributed by atoms with Crippen LogP contribution in [0.1, 0.15) is 23.7 Å². The molecule has 26 heavy (non-hydrogen) atoms. The van der Waals surface area contributed by atoms with Gasteiger partial charge in [-0.1, -0.05) is 53.7 Å². The number of ether oxygens (including phenoxy) is 1. The molecule has 0 aliphatic carbocycles. The fraction of sp³-hybridized carbons (Fsp3) is 0.200. The summed E-state index contributed by atoms with van der Waals surface area (Å²) < 4.78 is 11.0. The van der Waals surface area contributed by atoms with Crippen molar-refractivity contribution in [2.24, 2.45) is 10.7 Å². The molecule has 2 heterocycles. The maximum Gasteiger partial charge on any atom is 0.189 e. The number of aromatic nitrogens is 1. The number of nitrogens with zero attached hydrogens (tertiary/aromatic N) is 2. The van der Waals surface area contributed by atoms with Crippen LogP contribution in [-0.2, 0) is 6.54 Å². The summed E-state index contributed by atoms with van der Waals surface area (Å²) in [5.74, 6) is 2.00. The number of fused-ring (bicyclic) bond motifs is 1. The molecule has 4 rings (SSSR count). The number of guanidine groups is 1. The molecule has 2 aromatic carbocycles. The first-order valence-corrected chi connectivity index (χ1v) is 8.59.